The van der Waals surface area contributed by atoms with Gasteiger partial charge < -0.3 is 10.1 Å². The Morgan fingerprint density at radius 1 is 1.13 bits per heavy atom. The predicted octanol–water partition coefficient (Wildman–Crippen LogP) is 2.74. The third-order valence-corrected chi connectivity index (χ3v) is 4.68. The Morgan fingerprint density at radius 3 is 2.30 bits per heavy atom. The molecule has 0 saturated carbocycles. The van der Waals surface area contributed by atoms with Gasteiger partial charge in [-0.25, -0.2) is 8.42 Å². The topological polar surface area (TPSA) is 84.5 Å². The van der Waals surface area contributed by atoms with Crippen molar-refractivity contribution in [2.75, 3.05) is 17.1 Å². The zero-order valence-electron chi connectivity index (χ0n) is 12.5. The normalized spacial score (nSPS) is 10.9. The number of ether oxygens (including phenoxy) is 1. The maximum atomic E-state index is 12.4. The van der Waals surface area contributed by atoms with Crippen LogP contribution in [0.3, 0.4) is 0 Å². The van der Waals surface area contributed by atoms with Gasteiger partial charge in [-0.15, -0.1) is 12.6 Å². The van der Waals surface area contributed by atoms with E-state index in [1.165, 1.54) is 32.2 Å². The minimum atomic E-state index is -3.75. The molecule has 122 valence electrons. The van der Waals surface area contributed by atoms with E-state index >= 15 is 0 Å². The Balaban J connectivity index is 2.24. The van der Waals surface area contributed by atoms with Crippen LogP contribution in [0.15, 0.2) is 52.3 Å². The summed E-state index contributed by atoms with van der Waals surface area (Å²) in [6, 6.07) is 10.8. The first kappa shape index (κ1) is 17.2. The van der Waals surface area contributed by atoms with Gasteiger partial charge in [0.05, 0.1) is 17.7 Å². The molecule has 0 fully saturated rings. The monoisotopic (exact) mass is 352 g/mol. The van der Waals surface area contributed by atoms with Crippen molar-refractivity contribution >= 4 is 39.9 Å². The van der Waals surface area contributed by atoms with Crippen LogP contribution in [0.1, 0.15) is 6.92 Å². The lowest BCUT2D eigenvalue weighted by atomic mass is 10.3. The highest BCUT2D eigenvalue weighted by molar-refractivity contribution is 7.92. The second-order valence-electron chi connectivity index (χ2n) is 4.69. The van der Waals surface area contributed by atoms with Crippen LogP contribution < -0.4 is 14.8 Å². The van der Waals surface area contributed by atoms with Crippen molar-refractivity contribution in [2.24, 2.45) is 0 Å². The molecule has 0 aromatic heterocycles. The van der Waals surface area contributed by atoms with E-state index in [-0.39, 0.29) is 10.8 Å². The molecule has 2 aromatic rings. The number of hydrogen-bond acceptors (Lipinski definition) is 5. The third-order valence-electron chi connectivity index (χ3n) is 2.93. The largest absolute Gasteiger partial charge is 0.497 e. The minimum Gasteiger partial charge on any atom is -0.497 e. The Bertz CT molecular complexity index is 818. The molecule has 0 bridgehead atoms. The summed E-state index contributed by atoms with van der Waals surface area (Å²) >= 11 is 4.20. The summed E-state index contributed by atoms with van der Waals surface area (Å²) in [7, 11) is -2.22. The zero-order chi connectivity index (χ0) is 17.0. The summed E-state index contributed by atoms with van der Waals surface area (Å²) in [6.07, 6.45) is 0. The maximum absolute atomic E-state index is 12.4. The second-order valence-corrected chi connectivity index (χ2v) is 6.86. The fraction of sp³-hybridized carbons (Fsp3) is 0.133. The molecule has 0 saturated heterocycles. The lowest BCUT2D eigenvalue weighted by Crippen LogP contribution is -2.13. The molecule has 6 nitrogen and oxygen atoms in total. The zero-order valence-corrected chi connectivity index (χ0v) is 14.2. The number of methoxy groups -OCH3 is 1. The molecule has 0 aliphatic heterocycles. The van der Waals surface area contributed by atoms with Crippen LogP contribution in [0.5, 0.6) is 5.75 Å². The van der Waals surface area contributed by atoms with Gasteiger partial charge in [-0.3, -0.25) is 9.52 Å². The summed E-state index contributed by atoms with van der Waals surface area (Å²) < 4.78 is 32.2. The minimum absolute atomic E-state index is 0.0485. The molecule has 0 heterocycles. The van der Waals surface area contributed by atoms with Crippen LogP contribution in [0, 0.1) is 0 Å². The average molecular weight is 352 g/mol. The number of carbonyl (C=O) groups is 1. The van der Waals surface area contributed by atoms with E-state index in [9.17, 15) is 13.2 Å². The molecular weight excluding hydrogens is 336 g/mol. The number of anilines is 2. The fourth-order valence-corrected chi connectivity index (χ4v) is 3.29. The van der Waals surface area contributed by atoms with Gasteiger partial charge in [0.2, 0.25) is 5.91 Å². The molecule has 0 unspecified atom stereocenters. The number of benzene rings is 2. The summed E-state index contributed by atoms with van der Waals surface area (Å²) in [5.41, 5.74) is 0.863. The van der Waals surface area contributed by atoms with Gasteiger partial charge in [-0.05, 0) is 42.5 Å². The van der Waals surface area contributed by atoms with Crippen molar-refractivity contribution in [3.63, 3.8) is 0 Å². The number of amides is 1. The van der Waals surface area contributed by atoms with Gasteiger partial charge in [0.15, 0.2) is 0 Å². The molecule has 0 aliphatic carbocycles. The lowest BCUT2D eigenvalue weighted by Gasteiger charge is -2.11. The van der Waals surface area contributed by atoms with E-state index in [1.54, 1.807) is 24.3 Å². The lowest BCUT2D eigenvalue weighted by molar-refractivity contribution is -0.114. The quantitative estimate of drug-likeness (QED) is 0.723. The first-order valence-corrected chi connectivity index (χ1v) is 8.52. The Kier molecular flexibility index (Phi) is 5.17. The molecule has 0 atom stereocenters. The number of carbonyl (C=O) groups excluding carboxylic acids is 1. The highest BCUT2D eigenvalue weighted by Gasteiger charge is 2.16. The highest BCUT2D eigenvalue weighted by Crippen LogP contribution is 2.25. The van der Waals surface area contributed by atoms with Gasteiger partial charge in [0.1, 0.15) is 5.75 Å². The van der Waals surface area contributed by atoms with Crippen LogP contribution in [-0.4, -0.2) is 21.4 Å². The smallest absolute Gasteiger partial charge is 0.261 e. The van der Waals surface area contributed by atoms with Crippen molar-refractivity contribution in [2.45, 2.75) is 16.7 Å². The van der Waals surface area contributed by atoms with Gasteiger partial charge in [0, 0.05) is 17.5 Å². The molecule has 8 heteroatoms. The molecule has 2 aromatic carbocycles. The van der Waals surface area contributed by atoms with Crippen molar-refractivity contribution < 1.29 is 17.9 Å². The summed E-state index contributed by atoms with van der Waals surface area (Å²) in [6.45, 7) is 1.36. The molecule has 2 N–H and O–H groups in total. The van der Waals surface area contributed by atoms with Gasteiger partial charge >= 0.3 is 0 Å². The van der Waals surface area contributed by atoms with Crippen LogP contribution in [-0.2, 0) is 14.8 Å². The van der Waals surface area contributed by atoms with E-state index in [4.69, 9.17) is 4.74 Å². The Morgan fingerprint density at radius 2 is 1.78 bits per heavy atom. The van der Waals surface area contributed by atoms with E-state index in [0.717, 1.165) is 0 Å². The van der Waals surface area contributed by atoms with Crippen molar-refractivity contribution in [3.8, 4) is 5.75 Å². The fourth-order valence-electron chi connectivity index (χ4n) is 1.85. The van der Waals surface area contributed by atoms with Crippen LogP contribution in [0.25, 0.3) is 0 Å². The Labute approximate surface area is 140 Å². The molecule has 1 amide bonds. The number of sulfonamides is 1. The van der Waals surface area contributed by atoms with Gasteiger partial charge in [-0.1, -0.05) is 0 Å². The maximum Gasteiger partial charge on any atom is 0.261 e. The van der Waals surface area contributed by atoms with Crippen LogP contribution >= 0.6 is 12.6 Å². The number of thiol groups is 1. The van der Waals surface area contributed by atoms with Crippen LogP contribution in [0.2, 0.25) is 0 Å². The second kappa shape index (κ2) is 6.93. The van der Waals surface area contributed by atoms with E-state index in [1.807, 2.05) is 0 Å². The summed E-state index contributed by atoms with van der Waals surface area (Å²) in [4.78, 5) is 11.5. The third kappa shape index (κ3) is 4.40. The van der Waals surface area contributed by atoms with Crippen molar-refractivity contribution in [3.05, 3.63) is 42.5 Å². The molecule has 0 radical (unpaired) electrons. The number of hydrogen-bond donors (Lipinski definition) is 3. The van der Waals surface area contributed by atoms with Gasteiger partial charge in [-0.2, -0.15) is 0 Å². The number of rotatable bonds is 5. The van der Waals surface area contributed by atoms with E-state index in [2.05, 4.69) is 22.7 Å². The summed E-state index contributed by atoms with van der Waals surface area (Å²) in [5, 5.41) is 2.57. The van der Waals surface area contributed by atoms with E-state index < -0.39 is 10.0 Å². The molecule has 2 rings (SSSR count). The van der Waals surface area contributed by atoms with E-state index in [0.29, 0.717) is 22.0 Å². The molecule has 0 aliphatic rings. The molecule has 0 spiro atoms. The van der Waals surface area contributed by atoms with Crippen molar-refractivity contribution in [1.29, 1.82) is 0 Å². The number of nitrogens with one attached hydrogen (secondary N) is 2. The summed E-state index contributed by atoms with van der Waals surface area (Å²) in [5.74, 6) is 0.373. The van der Waals surface area contributed by atoms with Crippen LogP contribution in [0.4, 0.5) is 11.4 Å². The van der Waals surface area contributed by atoms with Crippen molar-refractivity contribution in [1.82, 2.24) is 0 Å². The standard InChI is InChI=1S/C15H16N2O4S2/c1-10(18)16-14-8-7-13(9-15(14)22)23(19,20)17-11-3-5-12(21-2)6-4-11/h3-9,17,22H,1-2H3,(H,16,18). The van der Waals surface area contributed by atoms with Gasteiger partial charge in [0.25, 0.3) is 10.0 Å². The SMILES string of the molecule is COc1ccc(NS(=O)(=O)c2ccc(NC(C)=O)c(S)c2)cc1. The first-order valence-electron chi connectivity index (χ1n) is 6.59. The average Bonchev–Trinajstić information content (AvgIpc) is 2.49. The Hall–Kier alpha value is -2.19. The molecular formula is C15H16N2O4S2. The molecule has 23 heavy (non-hydrogen) atoms. The highest BCUT2D eigenvalue weighted by atomic mass is 32.2. The first-order chi connectivity index (χ1) is 10.8. The predicted molar refractivity (Wildman–Crippen MR) is 91.8 cm³/mol.